The molecule has 3 aliphatic carbocycles. The number of carbonyl (C=O) groups excluding carboxylic acids is 1. The van der Waals surface area contributed by atoms with Gasteiger partial charge in [-0.25, -0.2) is 4.39 Å². The Bertz CT molecular complexity index is 1140. The Kier molecular flexibility index (Phi) is 14.2. The quantitative estimate of drug-likeness (QED) is 0.389. The van der Waals surface area contributed by atoms with E-state index in [4.69, 9.17) is 4.79 Å². The highest BCUT2D eigenvalue weighted by Crippen LogP contribution is 2.56. The Labute approximate surface area is 243 Å². The molecular formula is C37H51FO2. The van der Waals surface area contributed by atoms with Crippen LogP contribution < -0.4 is 0 Å². The fourth-order valence-corrected chi connectivity index (χ4v) is 5.38. The van der Waals surface area contributed by atoms with Crippen molar-refractivity contribution in [1.29, 1.82) is 0 Å². The molecule has 2 nitrogen and oxygen atoms in total. The second-order valence-electron chi connectivity index (χ2n) is 11.5. The van der Waals surface area contributed by atoms with E-state index < -0.39 is 5.60 Å². The summed E-state index contributed by atoms with van der Waals surface area (Å²) in [4.78, 5) is 8.00. The molecule has 2 saturated carbocycles. The van der Waals surface area contributed by atoms with Gasteiger partial charge in [0.05, 0.1) is 5.60 Å². The lowest BCUT2D eigenvalue weighted by molar-refractivity contribution is -0.0980. The molecule has 0 bridgehead atoms. The van der Waals surface area contributed by atoms with Crippen molar-refractivity contribution >= 4 is 6.79 Å². The third-order valence-electron chi connectivity index (χ3n) is 8.15. The predicted molar refractivity (Wildman–Crippen MR) is 170 cm³/mol. The third-order valence-corrected chi connectivity index (χ3v) is 8.15. The number of hydrogen-bond acceptors (Lipinski definition) is 2. The van der Waals surface area contributed by atoms with Gasteiger partial charge < -0.3 is 9.90 Å². The molecule has 40 heavy (non-hydrogen) atoms. The van der Waals surface area contributed by atoms with Crippen LogP contribution in [0.5, 0.6) is 0 Å². The maximum Gasteiger partial charge on any atom is 0.123 e. The predicted octanol–water partition coefficient (Wildman–Crippen LogP) is 10.0. The summed E-state index contributed by atoms with van der Waals surface area (Å²) in [6.07, 6.45) is 11.5. The second-order valence-corrected chi connectivity index (χ2v) is 11.5. The van der Waals surface area contributed by atoms with Gasteiger partial charge in [-0.2, -0.15) is 0 Å². The standard InChI is InChI=1S/C16H24O.C11H14.C7H7F.C2H4.CH2O/c1-11(2)8-13-10-15(4)14(9-12(13)3)6-7-16(15,5)17;1-2-9-5-3-4-6-11(9)10-7-8-10;1-6-2-4-7(8)5-3-6;2*1-2/h8-9,17H,6-7,10H2,1-5H3;3-6,10H,2,7-8H2,1H3;2-5H,1H3;1-2H2;1H2. The van der Waals surface area contributed by atoms with Crippen LogP contribution in [0.3, 0.4) is 0 Å². The van der Waals surface area contributed by atoms with Gasteiger partial charge in [0.2, 0.25) is 0 Å². The Balaban J connectivity index is 0.000000300. The van der Waals surface area contributed by atoms with Gasteiger partial charge in [0.1, 0.15) is 12.6 Å². The van der Waals surface area contributed by atoms with Crippen LogP contribution in [-0.2, 0) is 11.2 Å². The number of fused-ring (bicyclic) bond motifs is 1. The van der Waals surface area contributed by atoms with Crippen LogP contribution in [0.25, 0.3) is 0 Å². The van der Waals surface area contributed by atoms with E-state index in [1.807, 2.05) is 20.6 Å². The Morgan fingerprint density at radius 3 is 2.10 bits per heavy atom. The van der Waals surface area contributed by atoms with Gasteiger partial charge in [0, 0.05) is 5.41 Å². The fraction of sp³-hybridized carbons (Fsp3) is 0.432. The van der Waals surface area contributed by atoms with E-state index >= 15 is 0 Å². The van der Waals surface area contributed by atoms with Gasteiger partial charge in [-0.05, 0) is 113 Å². The zero-order chi connectivity index (χ0) is 30.5. The van der Waals surface area contributed by atoms with E-state index in [9.17, 15) is 9.50 Å². The summed E-state index contributed by atoms with van der Waals surface area (Å²) in [5.41, 5.74) is 9.16. The van der Waals surface area contributed by atoms with E-state index in [2.05, 4.69) is 84.2 Å². The van der Waals surface area contributed by atoms with Crippen molar-refractivity contribution in [2.24, 2.45) is 5.41 Å². The lowest BCUT2D eigenvalue weighted by atomic mass is 9.67. The highest BCUT2D eigenvalue weighted by atomic mass is 19.1. The lowest BCUT2D eigenvalue weighted by Gasteiger charge is -2.41. The summed E-state index contributed by atoms with van der Waals surface area (Å²) in [6.45, 7) is 22.8. The number of carbonyl (C=O) groups is 1. The molecule has 2 aromatic rings. The molecule has 3 heteroatoms. The molecule has 0 aromatic heterocycles. The minimum absolute atomic E-state index is 0.0617. The monoisotopic (exact) mass is 546 g/mol. The normalized spacial score (nSPS) is 22.3. The Hall–Kier alpha value is -3.04. The van der Waals surface area contributed by atoms with Crippen molar-refractivity contribution in [1.82, 2.24) is 0 Å². The first-order valence-corrected chi connectivity index (χ1v) is 14.3. The van der Waals surface area contributed by atoms with Gasteiger partial charge >= 0.3 is 0 Å². The molecule has 2 fully saturated rings. The van der Waals surface area contributed by atoms with E-state index in [0.717, 1.165) is 30.7 Å². The van der Waals surface area contributed by atoms with Crippen LogP contribution in [0.2, 0.25) is 0 Å². The maximum absolute atomic E-state index is 12.1. The summed E-state index contributed by atoms with van der Waals surface area (Å²) < 4.78 is 12.1. The van der Waals surface area contributed by atoms with Crippen molar-refractivity contribution in [2.75, 3.05) is 0 Å². The molecule has 2 atom stereocenters. The molecule has 0 spiro atoms. The second kappa shape index (κ2) is 16.3. The van der Waals surface area contributed by atoms with Crippen LogP contribution in [-0.4, -0.2) is 17.5 Å². The largest absolute Gasteiger partial charge is 0.389 e. The fourth-order valence-electron chi connectivity index (χ4n) is 5.38. The zero-order valence-corrected chi connectivity index (χ0v) is 25.9. The maximum atomic E-state index is 12.1. The first kappa shape index (κ1) is 35.0. The van der Waals surface area contributed by atoms with Crippen LogP contribution >= 0.6 is 0 Å². The third kappa shape index (κ3) is 9.55. The Morgan fingerprint density at radius 2 is 1.60 bits per heavy atom. The van der Waals surface area contributed by atoms with Crippen molar-refractivity contribution in [2.45, 2.75) is 98.5 Å². The summed E-state index contributed by atoms with van der Waals surface area (Å²) in [6, 6.07) is 15.2. The van der Waals surface area contributed by atoms with Gasteiger partial charge in [0.25, 0.3) is 0 Å². The van der Waals surface area contributed by atoms with Crippen molar-refractivity contribution in [3.05, 3.63) is 119 Å². The number of benzene rings is 2. The first-order valence-electron chi connectivity index (χ1n) is 14.3. The van der Waals surface area contributed by atoms with Crippen LogP contribution in [0.1, 0.15) is 96.3 Å². The number of aliphatic hydroxyl groups is 1. The smallest absolute Gasteiger partial charge is 0.123 e. The molecule has 0 saturated heterocycles. The highest BCUT2D eigenvalue weighted by molar-refractivity contribution is 5.45. The first-order chi connectivity index (χ1) is 19.0. The molecule has 0 aliphatic heterocycles. The average Bonchev–Trinajstić information content (AvgIpc) is 3.76. The zero-order valence-electron chi connectivity index (χ0n) is 25.9. The summed E-state index contributed by atoms with van der Waals surface area (Å²) in [5.74, 6) is 0.738. The van der Waals surface area contributed by atoms with Gasteiger partial charge in [0.15, 0.2) is 0 Å². The molecular weight excluding hydrogens is 495 g/mol. The van der Waals surface area contributed by atoms with E-state index in [-0.39, 0.29) is 11.2 Å². The molecule has 1 N–H and O–H groups in total. The van der Waals surface area contributed by atoms with Crippen LogP contribution in [0.15, 0.2) is 96.1 Å². The number of hydrogen-bond donors (Lipinski definition) is 1. The molecule has 0 amide bonds. The van der Waals surface area contributed by atoms with Crippen molar-refractivity contribution in [3.8, 4) is 0 Å². The van der Waals surface area contributed by atoms with Crippen molar-refractivity contribution < 1.29 is 14.3 Å². The number of rotatable bonds is 3. The summed E-state index contributed by atoms with van der Waals surface area (Å²) in [5, 5.41) is 10.6. The van der Waals surface area contributed by atoms with Gasteiger partial charge in [-0.3, -0.25) is 0 Å². The van der Waals surface area contributed by atoms with Crippen LogP contribution in [0, 0.1) is 18.2 Å². The van der Waals surface area contributed by atoms with Gasteiger partial charge in [-0.1, -0.05) is 79.1 Å². The SMILES string of the molecule is C=C.C=O.CC(C)=CC1=C(C)C=C2CCC(C)(O)C2(C)C1.CCc1ccccc1C1CC1.Cc1ccc(F)cc1. The minimum atomic E-state index is -0.555. The van der Waals surface area contributed by atoms with Crippen LogP contribution in [0.4, 0.5) is 4.39 Å². The Morgan fingerprint density at radius 1 is 1.02 bits per heavy atom. The minimum Gasteiger partial charge on any atom is -0.389 e. The van der Waals surface area contributed by atoms with Crippen molar-refractivity contribution in [3.63, 3.8) is 0 Å². The van der Waals surface area contributed by atoms with E-state index in [0.29, 0.717) is 0 Å². The summed E-state index contributed by atoms with van der Waals surface area (Å²) >= 11 is 0. The molecule has 2 aromatic carbocycles. The molecule has 2 unspecified atom stereocenters. The average molecular weight is 547 g/mol. The topological polar surface area (TPSA) is 37.3 Å². The number of halogens is 1. The lowest BCUT2D eigenvalue weighted by Crippen LogP contribution is -2.41. The highest BCUT2D eigenvalue weighted by Gasteiger charge is 2.51. The molecule has 3 aliphatic rings. The number of aryl methyl sites for hydroxylation is 2. The number of allylic oxidation sites excluding steroid dienone is 5. The molecule has 0 radical (unpaired) electrons. The van der Waals surface area contributed by atoms with E-state index in [1.165, 1.54) is 53.7 Å². The summed E-state index contributed by atoms with van der Waals surface area (Å²) in [7, 11) is 0. The van der Waals surface area contributed by atoms with E-state index in [1.54, 1.807) is 23.3 Å². The molecule has 218 valence electrons. The molecule has 5 rings (SSSR count). The molecule has 0 heterocycles. The van der Waals surface area contributed by atoms with Gasteiger partial charge in [-0.15, -0.1) is 13.2 Å².